The number of fused-ring (bicyclic) bond motifs is 1. The summed E-state index contributed by atoms with van der Waals surface area (Å²) >= 11 is 0. The lowest BCUT2D eigenvalue weighted by Crippen LogP contribution is -2.24. The molecule has 0 saturated carbocycles. The number of furan rings is 1. The van der Waals surface area contributed by atoms with Crippen LogP contribution in [0.3, 0.4) is 0 Å². The first-order valence-electron chi connectivity index (χ1n) is 8.52. The van der Waals surface area contributed by atoms with Crippen LogP contribution >= 0.6 is 0 Å². The average Bonchev–Trinajstić information content (AvgIpc) is 3.29. The highest BCUT2D eigenvalue weighted by Crippen LogP contribution is 2.18. The van der Waals surface area contributed by atoms with Gasteiger partial charge >= 0.3 is 0 Å². The minimum atomic E-state index is -0.246. The number of para-hydroxylation sites is 2. The van der Waals surface area contributed by atoms with E-state index in [4.69, 9.17) is 9.40 Å². The van der Waals surface area contributed by atoms with Crippen LogP contribution in [0.1, 0.15) is 27.5 Å². The van der Waals surface area contributed by atoms with Gasteiger partial charge in [0.25, 0.3) is 5.91 Å². The number of carbonyl (C=O) groups excluding carboxylic acids is 1. The van der Waals surface area contributed by atoms with E-state index < -0.39 is 0 Å². The Kier molecular flexibility index (Phi) is 4.27. The van der Waals surface area contributed by atoms with Crippen molar-refractivity contribution < 1.29 is 9.21 Å². The van der Waals surface area contributed by atoms with Crippen LogP contribution in [0.15, 0.2) is 71.3 Å². The first kappa shape index (κ1) is 16.1. The van der Waals surface area contributed by atoms with Gasteiger partial charge in [-0.25, -0.2) is 4.98 Å². The summed E-state index contributed by atoms with van der Waals surface area (Å²) in [6.45, 7) is 3.12. The Bertz CT molecular complexity index is 1050. The Morgan fingerprint density at radius 2 is 2.00 bits per heavy atom. The van der Waals surface area contributed by atoms with E-state index in [1.54, 1.807) is 12.1 Å². The molecule has 5 heteroatoms. The van der Waals surface area contributed by atoms with Crippen LogP contribution < -0.4 is 5.32 Å². The van der Waals surface area contributed by atoms with Crippen molar-refractivity contribution in [3.05, 3.63) is 89.6 Å². The number of nitrogens with one attached hydrogen (secondary N) is 1. The highest BCUT2D eigenvalue weighted by molar-refractivity contribution is 5.91. The number of rotatable bonds is 5. The Morgan fingerprint density at radius 1 is 1.12 bits per heavy atom. The Hall–Kier alpha value is -3.34. The molecule has 0 saturated heterocycles. The van der Waals surface area contributed by atoms with Crippen molar-refractivity contribution in [3.63, 3.8) is 0 Å². The molecule has 0 aliphatic heterocycles. The van der Waals surface area contributed by atoms with Gasteiger partial charge in [0, 0.05) is 6.54 Å². The Morgan fingerprint density at radius 3 is 2.81 bits per heavy atom. The number of benzene rings is 2. The molecule has 0 unspecified atom stereocenters. The van der Waals surface area contributed by atoms with Crippen LogP contribution in [-0.4, -0.2) is 15.5 Å². The highest BCUT2D eigenvalue weighted by atomic mass is 16.3. The molecule has 4 rings (SSSR count). The van der Waals surface area contributed by atoms with Crippen molar-refractivity contribution >= 4 is 16.9 Å². The zero-order valence-electron chi connectivity index (χ0n) is 14.5. The molecule has 0 spiro atoms. The highest BCUT2D eigenvalue weighted by Gasteiger charge is 2.14. The van der Waals surface area contributed by atoms with Crippen LogP contribution in [0.25, 0.3) is 11.0 Å². The molecule has 1 N–H and O–H groups in total. The standard InChI is InChI=1S/C21H19N3O2/c1-15-6-4-7-16(12-15)14-24-18-9-3-2-8-17(18)23-20(24)13-22-21(25)19-10-5-11-26-19/h2-12H,13-14H2,1H3,(H,22,25). The lowest BCUT2D eigenvalue weighted by atomic mass is 10.1. The fourth-order valence-electron chi connectivity index (χ4n) is 3.08. The number of hydrogen-bond acceptors (Lipinski definition) is 3. The molecule has 0 aliphatic rings. The van der Waals surface area contributed by atoms with Crippen molar-refractivity contribution in [1.29, 1.82) is 0 Å². The van der Waals surface area contributed by atoms with Gasteiger partial charge in [0.2, 0.25) is 0 Å². The molecule has 2 heterocycles. The molecule has 0 radical (unpaired) electrons. The number of aromatic nitrogens is 2. The van der Waals surface area contributed by atoms with E-state index in [2.05, 4.69) is 47.1 Å². The van der Waals surface area contributed by atoms with Crippen molar-refractivity contribution in [3.8, 4) is 0 Å². The summed E-state index contributed by atoms with van der Waals surface area (Å²) in [4.78, 5) is 16.9. The number of imidazole rings is 1. The Labute approximate surface area is 151 Å². The van der Waals surface area contributed by atoms with Crippen molar-refractivity contribution in [2.45, 2.75) is 20.0 Å². The maximum atomic E-state index is 12.2. The molecule has 26 heavy (non-hydrogen) atoms. The summed E-state index contributed by atoms with van der Waals surface area (Å²) < 4.78 is 7.29. The number of carbonyl (C=O) groups is 1. The maximum Gasteiger partial charge on any atom is 0.287 e. The van der Waals surface area contributed by atoms with Gasteiger partial charge in [0.05, 0.1) is 23.8 Å². The van der Waals surface area contributed by atoms with E-state index in [1.165, 1.54) is 17.4 Å². The minimum Gasteiger partial charge on any atom is -0.459 e. The summed E-state index contributed by atoms with van der Waals surface area (Å²) in [5.41, 5.74) is 4.39. The van der Waals surface area contributed by atoms with Crippen LogP contribution in [0.4, 0.5) is 0 Å². The molecule has 0 atom stereocenters. The molecule has 0 aliphatic carbocycles. The summed E-state index contributed by atoms with van der Waals surface area (Å²) in [6.07, 6.45) is 1.49. The predicted octanol–water partition coefficient (Wildman–Crippen LogP) is 3.92. The average molecular weight is 345 g/mol. The van der Waals surface area contributed by atoms with Gasteiger partial charge in [-0.3, -0.25) is 4.79 Å². The van der Waals surface area contributed by atoms with Crippen LogP contribution in [0.5, 0.6) is 0 Å². The molecule has 130 valence electrons. The molecule has 0 fully saturated rings. The van der Waals surface area contributed by atoms with Crippen LogP contribution in [0, 0.1) is 6.92 Å². The third-order valence-corrected chi connectivity index (χ3v) is 4.31. The Balaban J connectivity index is 1.64. The van der Waals surface area contributed by atoms with Crippen molar-refractivity contribution in [1.82, 2.24) is 14.9 Å². The summed E-state index contributed by atoms with van der Waals surface area (Å²) in [5.74, 6) is 0.864. The lowest BCUT2D eigenvalue weighted by molar-refractivity contribution is 0.0922. The second kappa shape index (κ2) is 6.88. The molecule has 2 aromatic carbocycles. The summed E-state index contributed by atoms with van der Waals surface area (Å²) in [5, 5.41) is 2.88. The van der Waals surface area contributed by atoms with Gasteiger partial charge in [-0.05, 0) is 36.8 Å². The zero-order valence-corrected chi connectivity index (χ0v) is 14.5. The fourth-order valence-corrected chi connectivity index (χ4v) is 3.08. The van der Waals surface area contributed by atoms with Gasteiger partial charge in [0.15, 0.2) is 5.76 Å². The van der Waals surface area contributed by atoms with Gasteiger partial charge < -0.3 is 14.3 Å². The van der Waals surface area contributed by atoms with E-state index >= 15 is 0 Å². The second-order valence-electron chi connectivity index (χ2n) is 6.25. The van der Waals surface area contributed by atoms with Crippen molar-refractivity contribution in [2.75, 3.05) is 0 Å². The van der Waals surface area contributed by atoms with E-state index in [-0.39, 0.29) is 5.91 Å². The minimum absolute atomic E-state index is 0.246. The van der Waals surface area contributed by atoms with Crippen LogP contribution in [-0.2, 0) is 13.1 Å². The lowest BCUT2D eigenvalue weighted by Gasteiger charge is -2.10. The van der Waals surface area contributed by atoms with Gasteiger partial charge in [-0.15, -0.1) is 0 Å². The van der Waals surface area contributed by atoms with Gasteiger partial charge in [-0.2, -0.15) is 0 Å². The number of aryl methyl sites for hydroxylation is 1. The topological polar surface area (TPSA) is 60.1 Å². The first-order valence-corrected chi connectivity index (χ1v) is 8.52. The third kappa shape index (κ3) is 3.24. The third-order valence-electron chi connectivity index (χ3n) is 4.31. The number of nitrogens with zero attached hydrogens (tertiary/aromatic N) is 2. The first-order chi connectivity index (χ1) is 12.7. The zero-order chi connectivity index (χ0) is 17.9. The van der Waals surface area contributed by atoms with E-state index in [9.17, 15) is 4.79 Å². The predicted molar refractivity (Wildman–Crippen MR) is 99.9 cm³/mol. The molecule has 4 aromatic rings. The smallest absolute Gasteiger partial charge is 0.287 e. The largest absolute Gasteiger partial charge is 0.459 e. The summed E-state index contributed by atoms with van der Waals surface area (Å²) in [7, 11) is 0. The molecule has 2 aromatic heterocycles. The normalized spacial score (nSPS) is 11.0. The molecule has 5 nitrogen and oxygen atoms in total. The van der Waals surface area contributed by atoms with Gasteiger partial charge in [-0.1, -0.05) is 42.0 Å². The molecular weight excluding hydrogens is 326 g/mol. The molecular formula is C21H19N3O2. The fraction of sp³-hybridized carbons (Fsp3) is 0.143. The quantitative estimate of drug-likeness (QED) is 0.596. The molecule has 0 bridgehead atoms. The van der Waals surface area contributed by atoms with Crippen molar-refractivity contribution in [2.24, 2.45) is 0 Å². The van der Waals surface area contributed by atoms with E-state index in [0.29, 0.717) is 18.8 Å². The number of amides is 1. The SMILES string of the molecule is Cc1cccc(Cn2c(CNC(=O)c3ccco3)nc3ccccc32)c1. The van der Waals surface area contributed by atoms with Gasteiger partial charge in [0.1, 0.15) is 5.82 Å². The monoisotopic (exact) mass is 345 g/mol. The maximum absolute atomic E-state index is 12.2. The second-order valence-corrected chi connectivity index (χ2v) is 6.25. The number of hydrogen-bond donors (Lipinski definition) is 1. The van der Waals surface area contributed by atoms with E-state index in [1.807, 2.05) is 18.2 Å². The summed E-state index contributed by atoms with van der Waals surface area (Å²) in [6, 6.07) is 19.8. The molecule has 1 amide bonds. The van der Waals surface area contributed by atoms with Crippen LogP contribution in [0.2, 0.25) is 0 Å². The van der Waals surface area contributed by atoms with E-state index in [0.717, 1.165) is 16.9 Å².